The molecule has 2 aliphatic heterocycles. The largest absolute Gasteiger partial charge is 0.316 e. The third kappa shape index (κ3) is 1.96. The first-order chi connectivity index (χ1) is 6.59. The molecule has 2 atom stereocenters. The van der Waals surface area contributed by atoms with Crippen molar-refractivity contribution in [2.24, 2.45) is 11.8 Å². The Morgan fingerprint density at radius 3 is 2.64 bits per heavy atom. The Morgan fingerprint density at radius 2 is 2.14 bits per heavy atom. The van der Waals surface area contributed by atoms with E-state index in [1.54, 1.807) is 0 Å². The molecule has 2 fully saturated rings. The molecule has 2 aliphatic rings. The van der Waals surface area contributed by atoms with Crippen LogP contribution in [0.25, 0.3) is 0 Å². The molecule has 82 valence electrons. The summed E-state index contributed by atoms with van der Waals surface area (Å²) in [7, 11) is 0. The Bertz CT molecular complexity index is 200. The van der Waals surface area contributed by atoms with E-state index in [-0.39, 0.29) is 0 Å². The van der Waals surface area contributed by atoms with E-state index in [2.05, 4.69) is 31.0 Å². The van der Waals surface area contributed by atoms with Gasteiger partial charge in [0.2, 0.25) is 0 Å². The van der Waals surface area contributed by atoms with Gasteiger partial charge in [0, 0.05) is 12.1 Å². The van der Waals surface area contributed by atoms with Gasteiger partial charge < -0.3 is 5.32 Å². The molecule has 0 bridgehead atoms. The summed E-state index contributed by atoms with van der Waals surface area (Å²) in [6.45, 7) is 12.2. The van der Waals surface area contributed by atoms with Crippen molar-refractivity contribution in [3.63, 3.8) is 0 Å². The van der Waals surface area contributed by atoms with Crippen molar-refractivity contribution in [1.82, 2.24) is 10.2 Å². The van der Waals surface area contributed by atoms with Gasteiger partial charge in [-0.05, 0) is 58.2 Å². The van der Waals surface area contributed by atoms with Crippen molar-refractivity contribution in [2.45, 2.75) is 39.2 Å². The molecule has 0 radical (unpaired) electrons. The van der Waals surface area contributed by atoms with Gasteiger partial charge >= 0.3 is 0 Å². The lowest BCUT2D eigenvalue weighted by atomic mass is 9.95. The highest BCUT2D eigenvalue weighted by Gasteiger charge is 2.35. The number of hydrogen-bond donors (Lipinski definition) is 1. The van der Waals surface area contributed by atoms with Crippen LogP contribution in [0.1, 0.15) is 33.6 Å². The molecule has 2 saturated heterocycles. The predicted octanol–water partition coefficient (Wildman–Crippen LogP) is 1.72. The maximum atomic E-state index is 3.50. The Hall–Kier alpha value is -0.0800. The molecular formula is C12H24N2. The van der Waals surface area contributed by atoms with E-state index in [1.165, 1.54) is 39.0 Å². The molecule has 0 amide bonds. The molecule has 0 aromatic carbocycles. The van der Waals surface area contributed by atoms with Crippen molar-refractivity contribution in [3.05, 3.63) is 0 Å². The molecule has 2 nitrogen and oxygen atoms in total. The minimum absolute atomic E-state index is 0.461. The minimum Gasteiger partial charge on any atom is -0.316 e. The third-order valence-electron chi connectivity index (χ3n) is 4.21. The molecule has 2 rings (SSSR count). The molecule has 0 aromatic heterocycles. The zero-order valence-electron chi connectivity index (χ0n) is 9.84. The summed E-state index contributed by atoms with van der Waals surface area (Å²) < 4.78 is 0. The maximum absolute atomic E-state index is 3.50. The average molecular weight is 196 g/mol. The fraction of sp³-hybridized carbons (Fsp3) is 1.00. The van der Waals surface area contributed by atoms with Gasteiger partial charge in [-0.1, -0.05) is 6.92 Å². The van der Waals surface area contributed by atoms with E-state index in [9.17, 15) is 0 Å². The first kappa shape index (κ1) is 10.4. The molecule has 0 saturated carbocycles. The maximum Gasteiger partial charge on any atom is 0.0153 e. The Labute approximate surface area is 88.1 Å². The quantitative estimate of drug-likeness (QED) is 0.723. The average Bonchev–Trinajstić information content (AvgIpc) is 2.62. The van der Waals surface area contributed by atoms with Crippen molar-refractivity contribution < 1.29 is 0 Å². The lowest BCUT2D eigenvalue weighted by molar-refractivity contribution is 0.141. The molecule has 0 spiro atoms. The van der Waals surface area contributed by atoms with Gasteiger partial charge in [0.25, 0.3) is 0 Å². The second-order valence-corrected chi connectivity index (χ2v) is 5.76. The van der Waals surface area contributed by atoms with E-state index in [4.69, 9.17) is 0 Å². The van der Waals surface area contributed by atoms with Crippen molar-refractivity contribution in [3.8, 4) is 0 Å². The molecule has 1 N–H and O–H groups in total. The van der Waals surface area contributed by atoms with Crippen LogP contribution in [0, 0.1) is 11.8 Å². The van der Waals surface area contributed by atoms with Crippen LogP contribution in [-0.2, 0) is 0 Å². The number of hydrogen-bond acceptors (Lipinski definition) is 2. The molecular weight excluding hydrogens is 172 g/mol. The predicted molar refractivity (Wildman–Crippen MR) is 60.4 cm³/mol. The summed E-state index contributed by atoms with van der Waals surface area (Å²) in [5, 5.41) is 3.50. The monoisotopic (exact) mass is 196 g/mol. The van der Waals surface area contributed by atoms with Gasteiger partial charge in [-0.15, -0.1) is 0 Å². The van der Waals surface area contributed by atoms with Gasteiger partial charge in [0.15, 0.2) is 0 Å². The smallest absolute Gasteiger partial charge is 0.0153 e. The molecule has 0 aromatic rings. The molecule has 0 unspecified atom stereocenters. The van der Waals surface area contributed by atoms with Crippen LogP contribution < -0.4 is 5.32 Å². The topological polar surface area (TPSA) is 15.3 Å². The standard InChI is InChI=1S/C12H24N2/c1-10-7-13-8-11(10)9-14-6-4-5-12(14,2)3/h10-11,13H,4-9H2,1-3H3/t10-,11+/m1/s1. The molecule has 14 heavy (non-hydrogen) atoms. The van der Waals surface area contributed by atoms with Crippen LogP contribution in [0.2, 0.25) is 0 Å². The highest BCUT2D eigenvalue weighted by molar-refractivity contribution is 4.91. The third-order valence-corrected chi connectivity index (χ3v) is 4.21. The SMILES string of the molecule is C[C@@H]1CNC[C@H]1CN1CCCC1(C)C. The van der Waals surface area contributed by atoms with Gasteiger partial charge in [-0.25, -0.2) is 0 Å². The number of rotatable bonds is 2. The number of nitrogens with zero attached hydrogens (tertiary/aromatic N) is 1. The fourth-order valence-corrected chi connectivity index (χ4v) is 2.89. The lowest BCUT2D eigenvalue weighted by Gasteiger charge is -2.34. The van der Waals surface area contributed by atoms with Gasteiger partial charge in [0.05, 0.1) is 0 Å². The zero-order valence-corrected chi connectivity index (χ0v) is 9.84. The summed E-state index contributed by atoms with van der Waals surface area (Å²) in [5.74, 6) is 1.75. The summed E-state index contributed by atoms with van der Waals surface area (Å²) in [5.41, 5.74) is 0.461. The Balaban J connectivity index is 1.90. The van der Waals surface area contributed by atoms with Gasteiger partial charge in [-0.2, -0.15) is 0 Å². The van der Waals surface area contributed by atoms with Gasteiger partial charge in [0.1, 0.15) is 0 Å². The Morgan fingerprint density at radius 1 is 1.36 bits per heavy atom. The van der Waals surface area contributed by atoms with Crippen LogP contribution >= 0.6 is 0 Å². The fourth-order valence-electron chi connectivity index (χ4n) is 2.89. The van der Waals surface area contributed by atoms with Crippen LogP contribution in [0.4, 0.5) is 0 Å². The minimum atomic E-state index is 0.461. The highest BCUT2D eigenvalue weighted by atomic mass is 15.2. The zero-order chi connectivity index (χ0) is 10.2. The normalized spacial score (nSPS) is 37.9. The van der Waals surface area contributed by atoms with Gasteiger partial charge in [-0.3, -0.25) is 4.90 Å². The number of nitrogens with one attached hydrogen (secondary N) is 1. The van der Waals surface area contributed by atoms with E-state index in [0.717, 1.165) is 11.8 Å². The van der Waals surface area contributed by atoms with Crippen LogP contribution in [0.5, 0.6) is 0 Å². The lowest BCUT2D eigenvalue weighted by Crippen LogP contribution is -2.42. The van der Waals surface area contributed by atoms with E-state index in [1.807, 2.05) is 0 Å². The van der Waals surface area contributed by atoms with Crippen molar-refractivity contribution in [2.75, 3.05) is 26.2 Å². The van der Waals surface area contributed by atoms with Crippen LogP contribution in [0.15, 0.2) is 0 Å². The number of likely N-dealkylation sites (tertiary alicyclic amines) is 1. The van der Waals surface area contributed by atoms with Crippen molar-refractivity contribution >= 4 is 0 Å². The Kier molecular flexibility index (Phi) is 2.85. The van der Waals surface area contributed by atoms with Crippen LogP contribution in [0.3, 0.4) is 0 Å². The summed E-state index contributed by atoms with van der Waals surface area (Å²) in [4.78, 5) is 2.70. The second kappa shape index (κ2) is 3.82. The summed E-state index contributed by atoms with van der Waals surface area (Å²) >= 11 is 0. The van der Waals surface area contributed by atoms with Crippen molar-refractivity contribution in [1.29, 1.82) is 0 Å². The molecule has 2 heteroatoms. The van der Waals surface area contributed by atoms with E-state index in [0.29, 0.717) is 5.54 Å². The summed E-state index contributed by atoms with van der Waals surface area (Å²) in [6.07, 6.45) is 2.77. The summed E-state index contributed by atoms with van der Waals surface area (Å²) in [6, 6.07) is 0. The highest BCUT2D eigenvalue weighted by Crippen LogP contribution is 2.30. The first-order valence-corrected chi connectivity index (χ1v) is 6.05. The van der Waals surface area contributed by atoms with E-state index >= 15 is 0 Å². The van der Waals surface area contributed by atoms with E-state index < -0.39 is 0 Å². The van der Waals surface area contributed by atoms with Crippen LogP contribution in [-0.4, -0.2) is 36.6 Å². The molecule has 2 heterocycles. The second-order valence-electron chi connectivity index (χ2n) is 5.76. The molecule has 0 aliphatic carbocycles. The first-order valence-electron chi connectivity index (χ1n) is 6.05.